The number of anilines is 1. The van der Waals surface area contributed by atoms with Crippen LogP contribution in [0.5, 0.6) is 5.75 Å². The third-order valence-corrected chi connectivity index (χ3v) is 8.24. The van der Waals surface area contributed by atoms with Crippen molar-refractivity contribution in [3.05, 3.63) is 87.6 Å². The molecule has 15 heteroatoms. The molecule has 0 saturated carbocycles. The molecule has 1 aliphatic rings. The van der Waals surface area contributed by atoms with Crippen LogP contribution in [0.25, 0.3) is 21.6 Å². The molecule has 5 rings (SSSR count). The number of fused-ring (bicyclic) bond motifs is 3. The van der Waals surface area contributed by atoms with Gasteiger partial charge in [-0.05, 0) is 65.4 Å². The number of rotatable bonds is 10. The lowest BCUT2D eigenvalue weighted by Crippen LogP contribution is -2.49. The molecule has 47 heavy (non-hydrogen) atoms. The van der Waals surface area contributed by atoms with Gasteiger partial charge in [0, 0.05) is 46.6 Å². The molecule has 3 heterocycles. The van der Waals surface area contributed by atoms with Gasteiger partial charge in [0.1, 0.15) is 11.4 Å². The van der Waals surface area contributed by atoms with Crippen molar-refractivity contribution in [2.24, 2.45) is 5.73 Å². The molecule has 8 N–H and O–H groups in total. The Morgan fingerprint density at radius 3 is 2.49 bits per heavy atom. The number of nitrogens with zero attached hydrogens (tertiary/aromatic N) is 1. The fourth-order valence-electron chi connectivity index (χ4n) is 5.06. The first-order chi connectivity index (χ1) is 22.4. The van der Waals surface area contributed by atoms with Crippen LogP contribution in [0.2, 0.25) is 0 Å². The summed E-state index contributed by atoms with van der Waals surface area (Å²) in [4.78, 5) is 57.2. The van der Waals surface area contributed by atoms with E-state index in [0.29, 0.717) is 42.9 Å². The van der Waals surface area contributed by atoms with Crippen molar-refractivity contribution < 1.29 is 39.2 Å². The maximum Gasteiger partial charge on any atom is 0.355 e. The largest absolute Gasteiger partial charge is 0.493 e. The van der Waals surface area contributed by atoms with Gasteiger partial charge in [-0.1, -0.05) is 13.0 Å². The Bertz CT molecular complexity index is 1890. The summed E-state index contributed by atoms with van der Waals surface area (Å²) in [7, 11) is 5.15. The summed E-state index contributed by atoms with van der Waals surface area (Å²) in [6, 6.07) is 12.2. The van der Waals surface area contributed by atoms with Gasteiger partial charge in [-0.15, -0.1) is 11.3 Å². The van der Waals surface area contributed by atoms with Gasteiger partial charge in [0.05, 0.1) is 17.9 Å². The number of aliphatic hydroxyl groups is 2. The summed E-state index contributed by atoms with van der Waals surface area (Å²) in [6.07, 6.45) is 1.28. The van der Waals surface area contributed by atoms with E-state index >= 15 is 0 Å². The van der Waals surface area contributed by atoms with Crippen LogP contribution in [0.4, 0.5) is 5.69 Å². The molecule has 3 amide bonds. The molecule has 2 radical (unpaired) electrons. The van der Waals surface area contributed by atoms with E-state index in [9.17, 15) is 34.5 Å². The number of hydrogen-bond donors (Lipinski definition) is 7. The Hall–Kier alpha value is -5.09. The van der Waals surface area contributed by atoms with Crippen molar-refractivity contribution in [1.29, 1.82) is 0 Å². The van der Waals surface area contributed by atoms with Gasteiger partial charge in [-0.25, -0.2) is 9.78 Å². The highest BCUT2D eigenvalue weighted by Gasteiger charge is 2.28. The fourth-order valence-corrected chi connectivity index (χ4v) is 6.04. The number of carboxylic acids is 1. The minimum Gasteiger partial charge on any atom is -0.493 e. The van der Waals surface area contributed by atoms with E-state index in [-0.39, 0.29) is 40.2 Å². The highest BCUT2D eigenvalue weighted by atomic mass is 32.1. The van der Waals surface area contributed by atoms with Crippen LogP contribution in [0.15, 0.2) is 53.9 Å². The number of amides is 3. The maximum absolute atomic E-state index is 14.2. The predicted octanol–water partition coefficient (Wildman–Crippen LogP) is 2.46. The van der Waals surface area contributed by atoms with Crippen LogP contribution in [-0.4, -0.2) is 70.8 Å². The number of pyridine rings is 1. The number of aromatic nitrogens is 1. The molecule has 4 aromatic rings. The van der Waals surface area contributed by atoms with Gasteiger partial charge < -0.3 is 41.7 Å². The van der Waals surface area contributed by atoms with E-state index in [4.69, 9.17) is 18.3 Å². The molecule has 0 unspecified atom stereocenters. The molecule has 0 fully saturated rings. The van der Waals surface area contributed by atoms with E-state index in [1.165, 1.54) is 35.6 Å². The molecule has 240 valence electrons. The first-order valence-corrected chi connectivity index (χ1v) is 15.4. The summed E-state index contributed by atoms with van der Waals surface area (Å²) in [5.74, 6) is -6.37. The molecular weight excluding hydrogens is 625 g/mol. The number of nitrogens with two attached hydrogens (primary N) is 1. The number of carbonyl (C=O) groups is 4. The minimum atomic E-state index is -3.04. The Kier molecular flexibility index (Phi) is 9.72. The molecule has 2 aromatic carbocycles. The van der Waals surface area contributed by atoms with Gasteiger partial charge in [0.25, 0.3) is 17.7 Å². The van der Waals surface area contributed by atoms with Crippen LogP contribution in [0.1, 0.15) is 66.2 Å². The van der Waals surface area contributed by atoms with Gasteiger partial charge in [-0.2, -0.15) is 0 Å². The number of nitrogens with one attached hydrogen (secondary N) is 3. The Balaban J connectivity index is 1.67. The molecule has 0 atom stereocenters. The molecule has 0 aliphatic carbocycles. The lowest BCUT2D eigenvalue weighted by Gasteiger charge is -2.21. The zero-order chi connectivity index (χ0) is 33.9. The Labute approximate surface area is 274 Å². The number of hydrogen-bond acceptors (Lipinski definition) is 10. The second kappa shape index (κ2) is 13.7. The van der Waals surface area contributed by atoms with Crippen LogP contribution in [-0.2, 0) is 13.0 Å². The zero-order valence-electron chi connectivity index (χ0n) is 25.1. The van der Waals surface area contributed by atoms with Crippen LogP contribution >= 0.6 is 11.3 Å². The van der Waals surface area contributed by atoms with Crippen molar-refractivity contribution >= 4 is 48.6 Å². The summed E-state index contributed by atoms with van der Waals surface area (Å²) in [5, 5.41) is 38.4. The Morgan fingerprint density at radius 1 is 1.00 bits per heavy atom. The maximum atomic E-state index is 14.2. The Morgan fingerprint density at radius 2 is 1.79 bits per heavy atom. The second-order valence-electron chi connectivity index (χ2n) is 10.6. The SMILES string of the molecule is [B]C(O)(O)NC(=O)c1cc(CN)ccc1NC(=O)c1cc2c(cc1-c1ccc(C(=O)NCCC)nc1C(=O)O)OCCc1ccsc1-2. The summed E-state index contributed by atoms with van der Waals surface area (Å²) < 4.78 is 6.05. The van der Waals surface area contributed by atoms with Crippen molar-refractivity contribution in [3.63, 3.8) is 0 Å². The van der Waals surface area contributed by atoms with Crippen LogP contribution in [0.3, 0.4) is 0 Å². The number of thiophene rings is 1. The van der Waals surface area contributed by atoms with Crippen LogP contribution in [0, 0.1) is 0 Å². The number of ether oxygens (including phenoxy) is 1. The van der Waals surface area contributed by atoms with Crippen LogP contribution < -0.4 is 26.4 Å². The third-order valence-electron chi connectivity index (χ3n) is 7.25. The van der Waals surface area contributed by atoms with Crippen molar-refractivity contribution in [1.82, 2.24) is 15.6 Å². The molecule has 1 aliphatic heterocycles. The monoisotopic (exact) mass is 655 g/mol. The first kappa shape index (κ1) is 33.3. The third kappa shape index (κ3) is 7.33. The van der Waals surface area contributed by atoms with E-state index in [2.05, 4.69) is 15.6 Å². The van der Waals surface area contributed by atoms with Crippen molar-refractivity contribution in [3.8, 4) is 27.3 Å². The summed E-state index contributed by atoms with van der Waals surface area (Å²) in [5.41, 5.74) is 7.27. The second-order valence-corrected chi connectivity index (χ2v) is 11.6. The van der Waals surface area contributed by atoms with Gasteiger partial charge >= 0.3 is 5.97 Å². The normalized spacial score (nSPS) is 12.2. The quantitative estimate of drug-likeness (QED) is 0.0979. The summed E-state index contributed by atoms with van der Waals surface area (Å²) >= 11 is 1.46. The number of carbonyl (C=O) groups excluding carboxylic acids is 3. The average molecular weight is 655 g/mol. The summed E-state index contributed by atoms with van der Waals surface area (Å²) in [6.45, 7) is 2.62. The highest BCUT2D eigenvalue weighted by molar-refractivity contribution is 7.13. The topological polar surface area (TPSA) is 213 Å². The van der Waals surface area contributed by atoms with E-state index in [0.717, 1.165) is 10.4 Å². The number of aromatic carboxylic acids is 1. The van der Waals surface area contributed by atoms with Gasteiger partial charge in [0.2, 0.25) is 0 Å². The molecule has 0 bridgehead atoms. The highest BCUT2D eigenvalue weighted by Crippen LogP contribution is 2.43. The van der Waals surface area contributed by atoms with Gasteiger partial charge in [0.15, 0.2) is 19.4 Å². The number of carboxylic acid groups (broad SMARTS) is 1. The van der Waals surface area contributed by atoms with E-state index < -0.39 is 35.2 Å². The smallest absolute Gasteiger partial charge is 0.355 e. The fraction of sp³-hybridized carbons (Fsp3) is 0.219. The lowest BCUT2D eigenvalue weighted by molar-refractivity contribution is -0.102. The zero-order valence-corrected chi connectivity index (χ0v) is 25.9. The predicted molar refractivity (Wildman–Crippen MR) is 174 cm³/mol. The minimum absolute atomic E-state index is 0.00725. The molecule has 0 saturated heterocycles. The molecule has 2 aromatic heterocycles. The van der Waals surface area contributed by atoms with Crippen molar-refractivity contribution in [2.75, 3.05) is 18.5 Å². The standard InChI is InChI=1S/C32H30BN5O8S/c1-2-9-35-30(41)24-6-4-18(26(36-24)31(42)43)19-14-25-22(27-17(7-10-46-25)8-11-47-27)13-20(19)28(39)37-23-5-3-16(15-34)12-21(23)29(40)38-32(33,44)45/h3-6,8,11-14,44-45H,2,7,9-10,15,34H2,1H3,(H,35,41)(H,37,39)(H,38,40)(H,42,43). The molecule has 13 nitrogen and oxygen atoms in total. The van der Waals surface area contributed by atoms with E-state index in [1.54, 1.807) is 18.2 Å². The molecular formula is C32H30BN5O8S. The number of benzene rings is 2. The lowest BCUT2D eigenvalue weighted by atomic mass is 9.93. The van der Waals surface area contributed by atoms with E-state index in [1.807, 2.05) is 23.7 Å². The van der Waals surface area contributed by atoms with Crippen molar-refractivity contribution in [2.45, 2.75) is 32.1 Å². The first-order valence-electron chi connectivity index (χ1n) is 14.5. The molecule has 0 spiro atoms. The average Bonchev–Trinajstić information content (AvgIpc) is 3.43. The van der Waals surface area contributed by atoms with Gasteiger partial charge in [-0.3, -0.25) is 14.4 Å².